The zero-order valence-corrected chi connectivity index (χ0v) is 16.2. The van der Waals surface area contributed by atoms with Gasteiger partial charge < -0.3 is 18.9 Å². The summed E-state index contributed by atoms with van der Waals surface area (Å²) in [6, 6.07) is 10.4. The Kier molecular flexibility index (Phi) is 6.44. The summed E-state index contributed by atoms with van der Waals surface area (Å²) >= 11 is 0. The Labute approximate surface area is 163 Å². The summed E-state index contributed by atoms with van der Waals surface area (Å²) in [5.41, 5.74) is 0.635. The van der Waals surface area contributed by atoms with Crippen molar-refractivity contribution in [2.45, 2.75) is 32.9 Å². The van der Waals surface area contributed by atoms with Gasteiger partial charge in [0.15, 0.2) is 5.76 Å². The second-order valence-corrected chi connectivity index (χ2v) is 6.31. The molecule has 8 heteroatoms. The van der Waals surface area contributed by atoms with Crippen LogP contribution in [-0.2, 0) is 11.3 Å². The zero-order chi connectivity index (χ0) is 19.9. The highest BCUT2D eigenvalue weighted by atomic mass is 16.5. The number of nitrogens with zero attached hydrogens (tertiary/aromatic N) is 3. The molecule has 0 aliphatic carbocycles. The van der Waals surface area contributed by atoms with Gasteiger partial charge in [-0.05, 0) is 44.2 Å². The lowest BCUT2D eigenvalue weighted by atomic mass is 10.2. The lowest BCUT2D eigenvalue weighted by Gasteiger charge is -2.26. The van der Waals surface area contributed by atoms with Gasteiger partial charge in [0.2, 0.25) is 11.8 Å². The fraction of sp³-hybridized carbons (Fsp3) is 0.350. The molecule has 0 radical (unpaired) electrons. The summed E-state index contributed by atoms with van der Waals surface area (Å²) in [4.78, 5) is 14.8. The molecule has 1 aromatic carbocycles. The molecule has 2 heterocycles. The molecule has 0 spiro atoms. The normalized spacial score (nSPS) is 12.1. The van der Waals surface area contributed by atoms with E-state index in [4.69, 9.17) is 13.6 Å². The molecular weight excluding hydrogens is 360 g/mol. The smallest absolute Gasteiger partial charge is 0.283 e. The Hall–Kier alpha value is -3.13. The largest absolute Gasteiger partial charge is 0.495 e. The first-order valence-corrected chi connectivity index (χ1v) is 9.16. The number of anilines is 1. The lowest BCUT2D eigenvalue weighted by Crippen LogP contribution is -2.42. The van der Waals surface area contributed by atoms with Crippen molar-refractivity contribution in [3.63, 3.8) is 0 Å². The Bertz CT molecular complexity index is 891. The van der Waals surface area contributed by atoms with Crippen LogP contribution >= 0.6 is 0 Å². The van der Waals surface area contributed by atoms with E-state index in [0.717, 1.165) is 6.42 Å². The number of aromatic nitrogens is 2. The van der Waals surface area contributed by atoms with E-state index in [2.05, 4.69) is 22.4 Å². The van der Waals surface area contributed by atoms with Crippen molar-refractivity contribution in [2.75, 3.05) is 19.0 Å². The van der Waals surface area contributed by atoms with Crippen LogP contribution in [0.2, 0.25) is 0 Å². The van der Waals surface area contributed by atoms with Crippen molar-refractivity contribution in [3.8, 4) is 17.4 Å². The number of methoxy groups -OCH3 is 1. The first-order chi connectivity index (χ1) is 13.6. The van der Waals surface area contributed by atoms with Gasteiger partial charge in [-0.3, -0.25) is 9.69 Å². The topological polar surface area (TPSA) is 93.6 Å². The SMILES string of the molecule is CCCN(Cc1nnc(-c2ccco2)o1)[C@H](C)C(=O)Nc1ccccc1OC. The standard InChI is InChI=1S/C20H24N4O4/c1-4-11-24(13-18-22-23-20(28-18)17-10-7-12-27-17)14(2)19(25)21-15-8-5-6-9-16(15)26-3/h5-10,12,14H,4,11,13H2,1-3H3,(H,21,25)/t14-/m1/s1. The molecule has 148 valence electrons. The number of nitrogens with one attached hydrogen (secondary N) is 1. The number of rotatable bonds is 9. The fourth-order valence-corrected chi connectivity index (χ4v) is 2.84. The molecule has 0 aliphatic heterocycles. The molecule has 0 aliphatic rings. The average Bonchev–Trinajstić information content (AvgIpc) is 3.39. The van der Waals surface area contributed by atoms with Crippen molar-refractivity contribution in [1.29, 1.82) is 0 Å². The van der Waals surface area contributed by atoms with Crippen molar-refractivity contribution < 1.29 is 18.4 Å². The summed E-state index contributed by atoms with van der Waals surface area (Å²) in [6.45, 7) is 4.98. The average molecular weight is 384 g/mol. The molecule has 1 N–H and O–H groups in total. The van der Waals surface area contributed by atoms with Crippen molar-refractivity contribution in [1.82, 2.24) is 15.1 Å². The van der Waals surface area contributed by atoms with Crippen molar-refractivity contribution >= 4 is 11.6 Å². The van der Waals surface area contributed by atoms with Crippen LogP contribution in [0.15, 0.2) is 51.5 Å². The van der Waals surface area contributed by atoms with Crippen molar-refractivity contribution in [2.24, 2.45) is 0 Å². The molecule has 0 unspecified atom stereocenters. The van der Waals surface area contributed by atoms with Gasteiger partial charge in [-0.15, -0.1) is 10.2 Å². The highest BCUT2D eigenvalue weighted by Crippen LogP contribution is 2.24. The van der Waals surface area contributed by atoms with Gasteiger partial charge in [0.1, 0.15) is 5.75 Å². The third-order valence-corrected chi connectivity index (χ3v) is 4.34. The minimum absolute atomic E-state index is 0.135. The van der Waals surface area contributed by atoms with E-state index in [9.17, 15) is 4.79 Å². The zero-order valence-electron chi connectivity index (χ0n) is 16.2. The lowest BCUT2D eigenvalue weighted by molar-refractivity contribution is -0.121. The van der Waals surface area contributed by atoms with Crippen LogP contribution in [0.3, 0.4) is 0 Å². The van der Waals surface area contributed by atoms with Crippen LogP contribution in [0.25, 0.3) is 11.7 Å². The van der Waals surface area contributed by atoms with Crippen LogP contribution in [0.4, 0.5) is 5.69 Å². The maximum Gasteiger partial charge on any atom is 0.283 e. The van der Waals surface area contributed by atoms with Crippen LogP contribution in [0.5, 0.6) is 5.75 Å². The van der Waals surface area contributed by atoms with Crippen molar-refractivity contribution in [3.05, 3.63) is 48.6 Å². The molecule has 8 nitrogen and oxygen atoms in total. The summed E-state index contributed by atoms with van der Waals surface area (Å²) in [7, 11) is 1.57. The van der Waals surface area contributed by atoms with Gasteiger partial charge in [-0.2, -0.15) is 0 Å². The molecule has 3 rings (SSSR count). The molecule has 0 bridgehead atoms. The van der Waals surface area contributed by atoms with Gasteiger partial charge in [0.05, 0.1) is 31.6 Å². The van der Waals surface area contributed by atoms with E-state index in [0.29, 0.717) is 42.1 Å². The first kappa shape index (κ1) is 19.6. The molecule has 1 amide bonds. The second-order valence-electron chi connectivity index (χ2n) is 6.31. The van der Waals surface area contributed by atoms with Gasteiger partial charge in [-0.25, -0.2) is 0 Å². The molecule has 2 aromatic heterocycles. The first-order valence-electron chi connectivity index (χ1n) is 9.16. The number of para-hydroxylation sites is 2. The van der Waals surface area contributed by atoms with E-state index in [1.807, 2.05) is 24.0 Å². The molecule has 0 saturated carbocycles. The number of amides is 1. The maximum atomic E-state index is 12.8. The van der Waals surface area contributed by atoms with E-state index in [1.54, 1.807) is 37.6 Å². The number of hydrogen-bond acceptors (Lipinski definition) is 7. The molecule has 0 saturated heterocycles. The fourth-order valence-electron chi connectivity index (χ4n) is 2.84. The number of benzene rings is 1. The van der Waals surface area contributed by atoms with E-state index >= 15 is 0 Å². The summed E-state index contributed by atoms with van der Waals surface area (Å²) in [5, 5.41) is 11.0. The highest BCUT2D eigenvalue weighted by Gasteiger charge is 2.24. The Morgan fingerprint density at radius 2 is 2.07 bits per heavy atom. The Morgan fingerprint density at radius 1 is 1.25 bits per heavy atom. The van der Waals surface area contributed by atoms with Crippen LogP contribution < -0.4 is 10.1 Å². The molecule has 1 atom stereocenters. The van der Waals surface area contributed by atoms with E-state index in [-0.39, 0.29) is 5.91 Å². The maximum absolute atomic E-state index is 12.8. The third kappa shape index (κ3) is 4.58. The third-order valence-electron chi connectivity index (χ3n) is 4.34. The monoisotopic (exact) mass is 384 g/mol. The second kappa shape index (κ2) is 9.18. The minimum atomic E-state index is -0.399. The number of ether oxygens (including phenoxy) is 1. The molecular formula is C20H24N4O4. The number of carbonyl (C=O) groups excluding carboxylic acids is 1. The molecule has 0 fully saturated rings. The van der Waals surface area contributed by atoms with Crippen LogP contribution in [-0.4, -0.2) is 40.7 Å². The predicted octanol–water partition coefficient (Wildman–Crippen LogP) is 3.58. The van der Waals surface area contributed by atoms with Gasteiger partial charge in [0, 0.05) is 0 Å². The molecule has 3 aromatic rings. The van der Waals surface area contributed by atoms with Crippen LogP contribution in [0.1, 0.15) is 26.2 Å². The Morgan fingerprint density at radius 3 is 2.79 bits per heavy atom. The predicted molar refractivity (Wildman–Crippen MR) is 104 cm³/mol. The number of carbonyl (C=O) groups is 1. The summed E-state index contributed by atoms with van der Waals surface area (Å²) in [5.74, 6) is 1.75. The van der Waals surface area contributed by atoms with E-state index < -0.39 is 6.04 Å². The quantitative estimate of drug-likeness (QED) is 0.603. The highest BCUT2D eigenvalue weighted by molar-refractivity contribution is 5.95. The van der Waals surface area contributed by atoms with Crippen LogP contribution in [0, 0.1) is 0 Å². The Balaban J connectivity index is 1.69. The molecule has 28 heavy (non-hydrogen) atoms. The van der Waals surface area contributed by atoms with Gasteiger partial charge in [0.25, 0.3) is 5.89 Å². The summed E-state index contributed by atoms with van der Waals surface area (Å²) in [6.07, 6.45) is 2.43. The number of hydrogen-bond donors (Lipinski definition) is 1. The number of furan rings is 1. The summed E-state index contributed by atoms with van der Waals surface area (Å²) < 4.78 is 16.3. The van der Waals surface area contributed by atoms with Gasteiger partial charge >= 0.3 is 0 Å². The van der Waals surface area contributed by atoms with E-state index in [1.165, 1.54) is 0 Å². The van der Waals surface area contributed by atoms with Gasteiger partial charge in [-0.1, -0.05) is 19.1 Å². The minimum Gasteiger partial charge on any atom is -0.495 e.